The molecule has 0 aliphatic carbocycles. The van der Waals surface area contributed by atoms with Gasteiger partial charge in [-0.1, -0.05) is 34.6 Å². The molecule has 1 aliphatic heterocycles. The molecule has 0 aromatic heterocycles. The van der Waals surface area contributed by atoms with Crippen molar-refractivity contribution in [2.75, 3.05) is 0 Å². The van der Waals surface area contributed by atoms with Crippen LogP contribution >= 0.6 is 0 Å². The van der Waals surface area contributed by atoms with E-state index in [1.165, 1.54) is 12.1 Å². The molecule has 0 saturated carbocycles. The van der Waals surface area contributed by atoms with E-state index in [1.807, 2.05) is 13.8 Å². The number of hydrogen-bond acceptors (Lipinski definition) is 1. The Morgan fingerprint density at radius 3 is 2.23 bits per heavy atom. The number of nitrogens with one attached hydrogen (secondary N) is 1. The van der Waals surface area contributed by atoms with E-state index in [0.717, 1.165) is 12.3 Å². The fraction of sp³-hybridized carbons (Fsp3) is 0.833. The maximum atomic E-state index is 3.51. The topological polar surface area (TPSA) is 12.0 Å². The van der Waals surface area contributed by atoms with Crippen LogP contribution in [0.15, 0.2) is 11.3 Å². The van der Waals surface area contributed by atoms with E-state index in [1.54, 1.807) is 5.57 Å². The molecule has 1 N–H and O–H groups in total. The van der Waals surface area contributed by atoms with Crippen molar-refractivity contribution in [1.29, 1.82) is 0 Å². The SMILES string of the molecule is CC.CCC1=C(C(C)C)CC(C)N1. The molecular weight excluding hydrogens is 158 g/mol. The van der Waals surface area contributed by atoms with Crippen molar-refractivity contribution in [3.8, 4) is 0 Å². The quantitative estimate of drug-likeness (QED) is 0.688. The molecule has 1 rings (SSSR count). The lowest BCUT2D eigenvalue weighted by atomic mass is 9.98. The van der Waals surface area contributed by atoms with Gasteiger partial charge in [0.2, 0.25) is 0 Å². The van der Waals surface area contributed by atoms with Crippen LogP contribution in [0.5, 0.6) is 0 Å². The smallest absolute Gasteiger partial charge is 0.0267 e. The van der Waals surface area contributed by atoms with Gasteiger partial charge >= 0.3 is 0 Å². The number of rotatable bonds is 2. The van der Waals surface area contributed by atoms with Crippen LogP contribution in [0.4, 0.5) is 0 Å². The maximum Gasteiger partial charge on any atom is 0.0267 e. The maximum absolute atomic E-state index is 3.51. The average molecular weight is 183 g/mol. The molecule has 0 aromatic rings. The highest BCUT2D eigenvalue weighted by molar-refractivity contribution is 5.21. The lowest BCUT2D eigenvalue weighted by Gasteiger charge is -2.07. The highest BCUT2D eigenvalue weighted by atomic mass is 14.9. The molecule has 1 atom stereocenters. The summed E-state index contributed by atoms with van der Waals surface area (Å²) in [6, 6.07) is 0.669. The van der Waals surface area contributed by atoms with Crippen molar-refractivity contribution < 1.29 is 0 Å². The van der Waals surface area contributed by atoms with Gasteiger partial charge in [0, 0.05) is 11.7 Å². The third-order valence-corrected chi connectivity index (χ3v) is 2.38. The predicted molar refractivity (Wildman–Crippen MR) is 60.7 cm³/mol. The van der Waals surface area contributed by atoms with E-state index < -0.39 is 0 Å². The van der Waals surface area contributed by atoms with E-state index in [9.17, 15) is 0 Å². The van der Waals surface area contributed by atoms with E-state index in [0.29, 0.717) is 6.04 Å². The Kier molecular flexibility index (Phi) is 5.85. The molecule has 0 spiro atoms. The molecule has 0 aromatic carbocycles. The number of hydrogen-bond donors (Lipinski definition) is 1. The second kappa shape index (κ2) is 6.06. The van der Waals surface area contributed by atoms with Gasteiger partial charge in [-0.05, 0) is 31.3 Å². The zero-order valence-corrected chi connectivity index (χ0v) is 10.1. The van der Waals surface area contributed by atoms with Crippen molar-refractivity contribution in [2.45, 2.75) is 60.4 Å². The van der Waals surface area contributed by atoms with Crippen LogP contribution < -0.4 is 5.32 Å². The normalized spacial score (nSPS) is 21.3. The first-order valence-corrected chi connectivity index (χ1v) is 5.63. The lowest BCUT2D eigenvalue weighted by Crippen LogP contribution is -2.17. The minimum atomic E-state index is 0.669. The summed E-state index contributed by atoms with van der Waals surface area (Å²) in [4.78, 5) is 0. The van der Waals surface area contributed by atoms with E-state index >= 15 is 0 Å². The van der Waals surface area contributed by atoms with Crippen molar-refractivity contribution >= 4 is 0 Å². The van der Waals surface area contributed by atoms with Gasteiger partial charge < -0.3 is 5.32 Å². The Morgan fingerprint density at radius 2 is 1.92 bits per heavy atom. The number of allylic oxidation sites excluding steroid dienone is 1. The van der Waals surface area contributed by atoms with Crippen molar-refractivity contribution in [2.24, 2.45) is 5.92 Å². The molecule has 0 saturated heterocycles. The van der Waals surface area contributed by atoms with Crippen molar-refractivity contribution in [3.05, 3.63) is 11.3 Å². The van der Waals surface area contributed by atoms with Gasteiger partial charge in [0.1, 0.15) is 0 Å². The van der Waals surface area contributed by atoms with E-state index in [-0.39, 0.29) is 0 Å². The molecule has 0 amide bonds. The van der Waals surface area contributed by atoms with Crippen LogP contribution in [-0.4, -0.2) is 6.04 Å². The molecule has 0 fully saturated rings. The Balaban J connectivity index is 0.000000671. The monoisotopic (exact) mass is 183 g/mol. The van der Waals surface area contributed by atoms with Gasteiger partial charge in [-0.25, -0.2) is 0 Å². The average Bonchev–Trinajstić information content (AvgIpc) is 2.50. The molecule has 1 unspecified atom stereocenters. The summed E-state index contributed by atoms with van der Waals surface area (Å²) in [6.45, 7) is 13.0. The van der Waals surface area contributed by atoms with Crippen LogP contribution in [0.3, 0.4) is 0 Å². The zero-order valence-electron chi connectivity index (χ0n) is 10.1. The first-order valence-electron chi connectivity index (χ1n) is 5.63. The van der Waals surface area contributed by atoms with Crippen LogP contribution in [0.25, 0.3) is 0 Å². The second-order valence-corrected chi connectivity index (χ2v) is 3.76. The van der Waals surface area contributed by atoms with Crippen LogP contribution in [-0.2, 0) is 0 Å². The highest BCUT2D eigenvalue weighted by Crippen LogP contribution is 2.26. The Labute approximate surface area is 83.6 Å². The van der Waals surface area contributed by atoms with Gasteiger partial charge in [-0.15, -0.1) is 0 Å². The Bertz CT molecular complexity index is 168. The fourth-order valence-electron chi connectivity index (χ4n) is 1.81. The minimum absolute atomic E-state index is 0.669. The van der Waals surface area contributed by atoms with Gasteiger partial charge in [-0.2, -0.15) is 0 Å². The summed E-state index contributed by atoms with van der Waals surface area (Å²) in [5.74, 6) is 0.724. The summed E-state index contributed by atoms with van der Waals surface area (Å²) < 4.78 is 0. The molecule has 1 heteroatoms. The first kappa shape index (κ1) is 12.5. The standard InChI is InChI=1S/C10H19N.C2H6/c1-5-10-9(7(2)3)6-8(4)11-10;1-2/h7-8,11H,5-6H2,1-4H3;1-2H3. The molecule has 13 heavy (non-hydrogen) atoms. The molecule has 1 nitrogen and oxygen atoms in total. The molecule has 1 aliphatic rings. The highest BCUT2D eigenvalue weighted by Gasteiger charge is 2.20. The van der Waals surface area contributed by atoms with Crippen molar-refractivity contribution in [3.63, 3.8) is 0 Å². The summed E-state index contributed by atoms with van der Waals surface area (Å²) in [5.41, 5.74) is 3.13. The summed E-state index contributed by atoms with van der Waals surface area (Å²) in [5, 5.41) is 3.51. The fourth-order valence-corrected chi connectivity index (χ4v) is 1.81. The van der Waals surface area contributed by atoms with Gasteiger partial charge in [0.05, 0.1) is 0 Å². The Hall–Kier alpha value is -0.460. The summed E-state index contributed by atoms with van der Waals surface area (Å²) in [6.07, 6.45) is 2.42. The van der Waals surface area contributed by atoms with Crippen LogP contribution in [0, 0.1) is 5.92 Å². The lowest BCUT2D eigenvalue weighted by molar-refractivity contribution is 0.639. The molecule has 0 bridgehead atoms. The van der Waals surface area contributed by atoms with Crippen molar-refractivity contribution in [1.82, 2.24) is 5.32 Å². The molecule has 0 radical (unpaired) electrons. The third-order valence-electron chi connectivity index (χ3n) is 2.38. The summed E-state index contributed by atoms with van der Waals surface area (Å²) >= 11 is 0. The van der Waals surface area contributed by atoms with E-state index in [4.69, 9.17) is 0 Å². The van der Waals surface area contributed by atoms with Gasteiger partial charge in [0.15, 0.2) is 0 Å². The van der Waals surface area contributed by atoms with E-state index in [2.05, 4.69) is 33.0 Å². The Morgan fingerprint density at radius 1 is 1.38 bits per heavy atom. The van der Waals surface area contributed by atoms with Gasteiger partial charge in [0.25, 0.3) is 0 Å². The molecular formula is C12H25N. The first-order chi connectivity index (χ1) is 6.15. The molecule has 78 valence electrons. The largest absolute Gasteiger partial charge is 0.386 e. The minimum Gasteiger partial charge on any atom is -0.386 e. The predicted octanol–water partition coefficient (Wildman–Crippen LogP) is 3.71. The third kappa shape index (κ3) is 3.41. The van der Waals surface area contributed by atoms with Gasteiger partial charge in [-0.3, -0.25) is 0 Å². The molecule has 1 heterocycles. The zero-order chi connectivity index (χ0) is 10.4. The second-order valence-electron chi connectivity index (χ2n) is 3.76. The van der Waals surface area contributed by atoms with Crippen LogP contribution in [0.2, 0.25) is 0 Å². The summed E-state index contributed by atoms with van der Waals surface area (Å²) in [7, 11) is 0. The van der Waals surface area contributed by atoms with Crippen LogP contribution in [0.1, 0.15) is 54.4 Å².